The number of amides is 1. The quantitative estimate of drug-likeness (QED) is 0.792. The van der Waals surface area contributed by atoms with Gasteiger partial charge in [-0.05, 0) is 31.5 Å². The van der Waals surface area contributed by atoms with Gasteiger partial charge in [0.2, 0.25) is 5.91 Å². The van der Waals surface area contributed by atoms with E-state index in [0.29, 0.717) is 11.6 Å². The monoisotopic (exact) mass is 319 g/mol. The summed E-state index contributed by atoms with van der Waals surface area (Å²) in [4.78, 5) is 12.1. The van der Waals surface area contributed by atoms with E-state index in [-0.39, 0.29) is 22.2 Å². The average Bonchev–Trinajstić information content (AvgIpc) is 2.79. The number of aryl methyl sites for hydroxylation is 1. The fraction of sp³-hybridized carbons (Fsp3) is 0.333. The van der Waals surface area contributed by atoms with Crippen LogP contribution in [0.3, 0.4) is 0 Å². The molecule has 0 unspecified atom stereocenters. The molecule has 0 saturated carbocycles. The summed E-state index contributed by atoms with van der Waals surface area (Å²) in [7, 11) is 1.52. The predicted molar refractivity (Wildman–Crippen MR) is 85.5 cm³/mol. The van der Waals surface area contributed by atoms with Crippen LogP contribution in [0.5, 0.6) is 11.5 Å². The highest BCUT2D eigenvalue weighted by atomic mass is 32.2. The number of rotatable bonds is 2. The fourth-order valence-electron chi connectivity index (χ4n) is 2.51. The summed E-state index contributed by atoms with van der Waals surface area (Å²) in [6.07, 6.45) is 0. The summed E-state index contributed by atoms with van der Waals surface area (Å²) in [5, 5.41) is 19.5. The van der Waals surface area contributed by atoms with Crippen molar-refractivity contribution < 1.29 is 14.6 Å². The van der Waals surface area contributed by atoms with Crippen molar-refractivity contribution in [1.29, 1.82) is 0 Å². The summed E-state index contributed by atoms with van der Waals surface area (Å²) < 4.78 is 5.19. The van der Waals surface area contributed by atoms with Crippen molar-refractivity contribution in [2.75, 3.05) is 12.4 Å². The first-order valence-electron chi connectivity index (χ1n) is 6.89. The van der Waals surface area contributed by atoms with Crippen molar-refractivity contribution in [3.05, 3.63) is 35.0 Å². The van der Waals surface area contributed by atoms with Crippen LogP contribution >= 0.6 is 11.8 Å². The zero-order valence-electron chi connectivity index (χ0n) is 12.5. The third-order valence-electron chi connectivity index (χ3n) is 3.71. The van der Waals surface area contributed by atoms with E-state index in [2.05, 4.69) is 15.5 Å². The number of aromatic hydroxyl groups is 1. The molecule has 2 atom stereocenters. The summed E-state index contributed by atoms with van der Waals surface area (Å²) >= 11 is 1.55. The molecule has 6 nitrogen and oxygen atoms in total. The van der Waals surface area contributed by atoms with Gasteiger partial charge in [0, 0.05) is 11.3 Å². The standard InChI is InChI=1S/C15H17N3O3S/c1-7-12-13(9-4-5-10(19)11(6-9)21-3)22-8(2)15(20)16-14(12)18-17-7/h4-6,8,13,19H,1-3H3,(H2,16,17,18,20)/t8-,13+/m0/s1. The molecule has 1 aromatic carbocycles. The number of carbonyl (C=O) groups is 1. The molecule has 1 aromatic heterocycles. The normalized spacial score (nSPS) is 21.0. The number of phenolic OH excluding ortho intramolecular Hbond substituents is 1. The van der Waals surface area contributed by atoms with Crippen molar-refractivity contribution in [2.24, 2.45) is 0 Å². The van der Waals surface area contributed by atoms with Crippen molar-refractivity contribution in [1.82, 2.24) is 10.2 Å². The minimum absolute atomic E-state index is 0.0639. The van der Waals surface area contributed by atoms with Gasteiger partial charge in [0.05, 0.1) is 17.6 Å². The number of hydrogen-bond acceptors (Lipinski definition) is 5. The molecule has 1 aliphatic rings. The van der Waals surface area contributed by atoms with Crippen LogP contribution in [-0.4, -0.2) is 33.6 Å². The van der Waals surface area contributed by atoms with Crippen LogP contribution in [-0.2, 0) is 4.79 Å². The van der Waals surface area contributed by atoms with E-state index in [1.54, 1.807) is 23.9 Å². The first-order valence-corrected chi connectivity index (χ1v) is 7.83. The molecule has 3 N–H and O–H groups in total. The van der Waals surface area contributed by atoms with E-state index in [1.807, 2.05) is 19.9 Å². The van der Waals surface area contributed by atoms with Crippen molar-refractivity contribution in [3.8, 4) is 11.5 Å². The first-order chi connectivity index (χ1) is 10.5. The molecule has 3 rings (SSSR count). The van der Waals surface area contributed by atoms with Crippen molar-refractivity contribution in [2.45, 2.75) is 24.3 Å². The lowest BCUT2D eigenvalue weighted by Crippen LogP contribution is -2.21. The van der Waals surface area contributed by atoms with E-state index in [0.717, 1.165) is 16.8 Å². The maximum absolute atomic E-state index is 12.1. The minimum atomic E-state index is -0.210. The Morgan fingerprint density at radius 1 is 1.41 bits per heavy atom. The highest BCUT2D eigenvalue weighted by molar-refractivity contribution is 8.01. The van der Waals surface area contributed by atoms with Gasteiger partial charge < -0.3 is 15.2 Å². The fourth-order valence-corrected chi connectivity index (χ4v) is 3.83. The SMILES string of the molecule is COc1cc([C@H]2S[C@@H](C)C(=O)Nc3n[nH]c(C)c32)ccc1O. The van der Waals surface area contributed by atoms with Crippen LogP contribution in [0.4, 0.5) is 5.82 Å². The number of anilines is 1. The highest BCUT2D eigenvalue weighted by Crippen LogP contribution is 2.46. The Morgan fingerprint density at radius 3 is 2.91 bits per heavy atom. The average molecular weight is 319 g/mol. The number of hydrogen-bond donors (Lipinski definition) is 3. The molecule has 7 heteroatoms. The van der Waals surface area contributed by atoms with Gasteiger partial charge in [0.15, 0.2) is 17.3 Å². The molecule has 0 fully saturated rings. The second-order valence-corrected chi connectivity index (χ2v) is 6.64. The van der Waals surface area contributed by atoms with Crippen molar-refractivity contribution in [3.63, 3.8) is 0 Å². The molecule has 0 bridgehead atoms. The molecule has 0 radical (unpaired) electrons. The number of fused-ring (bicyclic) bond motifs is 1. The Bertz CT molecular complexity index is 729. The van der Waals surface area contributed by atoms with Crippen LogP contribution in [0, 0.1) is 6.92 Å². The number of aromatic nitrogens is 2. The number of carbonyl (C=O) groups excluding carboxylic acids is 1. The molecular weight excluding hydrogens is 302 g/mol. The topological polar surface area (TPSA) is 87.2 Å². The summed E-state index contributed by atoms with van der Waals surface area (Å²) in [5.41, 5.74) is 2.82. The van der Waals surface area contributed by atoms with Gasteiger partial charge in [-0.2, -0.15) is 5.10 Å². The van der Waals surface area contributed by atoms with Crippen LogP contribution in [0.25, 0.3) is 0 Å². The molecule has 2 aromatic rings. The molecule has 1 amide bonds. The number of phenols is 1. The van der Waals surface area contributed by atoms with Gasteiger partial charge in [-0.1, -0.05) is 6.07 Å². The smallest absolute Gasteiger partial charge is 0.238 e. The van der Waals surface area contributed by atoms with E-state index in [4.69, 9.17) is 4.74 Å². The predicted octanol–water partition coefficient (Wildman–Crippen LogP) is 2.60. The summed E-state index contributed by atoms with van der Waals surface area (Å²) in [5.74, 6) is 1.01. The molecule has 2 heterocycles. The Kier molecular flexibility index (Phi) is 3.74. The summed E-state index contributed by atoms with van der Waals surface area (Å²) in [6, 6.07) is 5.24. The third kappa shape index (κ3) is 2.41. The number of benzene rings is 1. The van der Waals surface area contributed by atoms with E-state index in [9.17, 15) is 9.90 Å². The Hall–Kier alpha value is -2.15. The molecule has 0 aliphatic carbocycles. The molecule has 116 valence electrons. The second-order valence-electron chi connectivity index (χ2n) is 5.19. The van der Waals surface area contributed by atoms with E-state index >= 15 is 0 Å². The largest absolute Gasteiger partial charge is 0.504 e. The van der Waals surface area contributed by atoms with Crippen molar-refractivity contribution >= 4 is 23.5 Å². The Labute approximate surface area is 132 Å². The number of thioether (sulfide) groups is 1. The Morgan fingerprint density at radius 2 is 2.18 bits per heavy atom. The lowest BCUT2D eigenvalue weighted by Gasteiger charge is -2.18. The Balaban J connectivity index is 2.12. The van der Waals surface area contributed by atoms with Crippen LogP contribution in [0.1, 0.15) is 29.0 Å². The lowest BCUT2D eigenvalue weighted by molar-refractivity contribution is -0.115. The van der Waals surface area contributed by atoms with Gasteiger partial charge >= 0.3 is 0 Å². The van der Waals surface area contributed by atoms with Gasteiger partial charge in [-0.15, -0.1) is 11.8 Å². The van der Waals surface area contributed by atoms with Crippen LogP contribution in [0.2, 0.25) is 0 Å². The molecule has 0 saturated heterocycles. The number of ether oxygens (including phenoxy) is 1. The maximum atomic E-state index is 12.1. The van der Waals surface area contributed by atoms with Gasteiger partial charge in [0.1, 0.15) is 0 Å². The number of nitrogens with one attached hydrogen (secondary N) is 2. The number of aromatic amines is 1. The molecule has 0 spiro atoms. The van der Waals surface area contributed by atoms with Gasteiger partial charge in [-0.3, -0.25) is 9.89 Å². The number of nitrogens with zero attached hydrogens (tertiary/aromatic N) is 1. The highest BCUT2D eigenvalue weighted by Gasteiger charge is 2.32. The van der Waals surface area contributed by atoms with Crippen LogP contribution < -0.4 is 10.1 Å². The lowest BCUT2D eigenvalue weighted by atomic mass is 10.0. The maximum Gasteiger partial charge on any atom is 0.238 e. The summed E-state index contributed by atoms with van der Waals surface area (Å²) in [6.45, 7) is 3.80. The molecular formula is C15H17N3O3S. The van der Waals surface area contributed by atoms with Gasteiger partial charge in [-0.25, -0.2) is 0 Å². The van der Waals surface area contributed by atoms with E-state index < -0.39 is 0 Å². The van der Waals surface area contributed by atoms with E-state index in [1.165, 1.54) is 7.11 Å². The number of H-pyrrole nitrogens is 1. The second kappa shape index (κ2) is 5.57. The first kappa shape index (κ1) is 14.8. The zero-order valence-corrected chi connectivity index (χ0v) is 13.3. The zero-order chi connectivity index (χ0) is 15.9. The molecule has 1 aliphatic heterocycles. The van der Waals surface area contributed by atoms with Crippen LogP contribution in [0.15, 0.2) is 18.2 Å². The molecule has 22 heavy (non-hydrogen) atoms. The number of methoxy groups -OCH3 is 1. The van der Waals surface area contributed by atoms with Gasteiger partial charge in [0.25, 0.3) is 0 Å². The third-order valence-corrected chi connectivity index (χ3v) is 5.12. The minimum Gasteiger partial charge on any atom is -0.504 e.